The van der Waals surface area contributed by atoms with Crippen LogP contribution in [0.4, 0.5) is 0 Å². The minimum absolute atomic E-state index is 0.00377. The summed E-state index contributed by atoms with van der Waals surface area (Å²) in [5.74, 6) is -0.0124. The highest BCUT2D eigenvalue weighted by Crippen LogP contribution is 2.11. The number of carbonyl (C=O) groups excluding carboxylic acids is 2. The van der Waals surface area contributed by atoms with Gasteiger partial charge in [-0.3, -0.25) is 9.59 Å². The van der Waals surface area contributed by atoms with Crippen LogP contribution in [0.25, 0.3) is 0 Å². The van der Waals surface area contributed by atoms with Gasteiger partial charge in [-0.1, -0.05) is 29.8 Å². The van der Waals surface area contributed by atoms with Crippen molar-refractivity contribution in [2.75, 3.05) is 6.54 Å². The Morgan fingerprint density at radius 2 is 1.93 bits per heavy atom. The zero-order valence-electron chi connectivity index (χ0n) is 9.25. The van der Waals surface area contributed by atoms with Crippen molar-refractivity contribution in [2.24, 2.45) is 11.7 Å². The number of nitrogens with one attached hydrogen (secondary N) is 1. The van der Waals surface area contributed by atoms with Crippen molar-refractivity contribution in [1.82, 2.24) is 5.32 Å². The predicted octanol–water partition coefficient (Wildman–Crippen LogP) is 1.18. The van der Waals surface area contributed by atoms with E-state index in [0.717, 1.165) is 12.8 Å². The van der Waals surface area contributed by atoms with Gasteiger partial charge in [0.1, 0.15) is 0 Å². The molecule has 0 saturated heterocycles. The van der Waals surface area contributed by atoms with Crippen LogP contribution in [0.3, 0.4) is 0 Å². The van der Waals surface area contributed by atoms with E-state index in [9.17, 15) is 9.59 Å². The summed E-state index contributed by atoms with van der Waals surface area (Å²) in [6.45, 7) is 4.55. The highest BCUT2D eigenvalue weighted by atomic mass is 79.9. The molecule has 3 N–H and O–H groups in total. The highest BCUT2D eigenvalue weighted by molar-refractivity contribution is 9.10. The zero-order valence-corrected chi connectivity index (χ0v) is 10.8. The maximum Gasteiger partial charge on any atom is 0.234 e. The molecule has 0 saturated carbocycles. The second-order valence-corrected chi connectivity index (χ2v) is 4.85. The van der Waals surface area contributed by atoms with E-state index < -0.39 is 0 Å². The van der Waals surface area contributed by atoms with E-state index >= 15 is 0 Å². The summed E-state index contributed by atoms with van der Waals surface area (Å²) in [4.78, 5) is 21.7. The Labute approximate surface area is 99.1 Å². The third-order valence-corrected chi connectivity index (χ3v) is 3.46. The normalized spacial score (nSPS) is 12.5. The molecule has 0 aromatic heterocycles. The summed E-state index contributed by atoms with van der Waals surface area (Å²) in [6.07, 6.45) is 1.90. The molecule has 0 radical (unpaired) electrons. The van der Waals surface area contributed by atoms with Gasteiger partial charge in [-0.2, -0.15) is 0 Å². The van der Waals surface area contributed by atoms with Gasteiger partial charge in [-0.15, -0.1) is 0 Å². The van der Waals surface area contributed by atoms with Crippen LogP contribution in [0, 0.1) is 5.92 Å². The lowest BCUT2D eigenvalue weighted by Gasteiger charge is -2.13. The van der Waals surface area contributed by atoms with Crippen LogP contribution in [-0.2, 0) is 9.59 Å². The van der Waals surface area contributed by atoms with Gasteiger partial charge in [0.2, 0.25) is 11.8 Å². The number of halogens is 1. The predicted molar refractivity (Wildman–Crippen MR) is 63.6 cm³/mol. The first kappa shape index (κ1) is 14.4. The number of unbranched alkanes of at least 4 members (excludes halogenated alkanes) is 1. The maximum absolute atomic E-state index is 11.4. The Balaban J connectivity index is 3.51. The van der Waals surface area contributed by atoms with E-state index in [-0.39, 0.29) is 22.6 Å². The van der Waals surface area contributed by atoms with E-state index in [1.807, 2.05) is 13.8 Å². The molecule has 0 spiro atoms. The summed E-state index contributed by atoms with van der Waals surface area (Å²) in [5.41, 5.74) is 4.99. The topological polar surface area (TPSA) is 72.2 Å². The van der Waals surface area contributed by atoms with Gasteiger partial charge in [0.15, 0.2) is 0 Å². The molecule has 0 aliphatic heterocycles. The number of amides is 2. The molecule has 1 atom stereocenters. The number of alkyl halides is 1. The first-order valence-electron chi connectivity index (χ1n) is 5.15. The lowest BCUT2D eigenvalue weighted by molar-refractivity contribution is -0.121. The average molecular weight is 279 g/mol. The van der Waals surface area contributed by atoms with Crippen molar-refractivity contribution in [1.29, 1.82) is 0 Å². The molecule has 0 bridgehead atoms. The quantitative estimate of drug-likeness (QED) is 0.542. The minimum Gasteiger partial charge on any atom is -0.370 e. The van der Waals surface area contributed by atoms with Crippen LogP contribution < -0.4 is 11.1 Å². The third-order valence-electron chi connectivity index (χ3n) is 1.98. The van der Waals surface area contributed by atoms with Crippen molar-refractivity contribution < 1.29 is 9.59 Å². The largest absolute Gasteiger partial charge is 0.370 e. The molecule has 0 fully saturated rings. The number of hydrogen-bond acceptors (Lipinski definition) is 2. The number of hydrogen-bond donors (Lipinski definition) is 2. The summed E-state index contributed by atoms with van der Waals surface area (Å²) < 4.78 is 0. The third kappa shape index (κ3) is 7.36. The number of carbonyl (C=O) groups is 2. The Hall–Kier alpha value is -0.580. The molecule has 88 valence electrons. The maximum atomic E-state index is 11.4. The van der Waals surface area contributed by atoms with Gasteiger partial charge in [0.25, 0.3) is 0 Å². The number of nitrogens with two attached hydrogens (primary N) is 1. The zero-order chi connectivity index (χ0) is 11.8. The van der Waals surface area contributed by atoms with Crippen LogP contribution >= 0.6 is 15.9 Å². The van der Waals surface area contributed by atoms with Crippen molar-refractivity contribution >= 4 is 27.7 Å². The summed E-state index contributed by atoms with van der Waals surface area (Å²) in [5, 5.41) is 2.80. The molecule has 0 aliphatic carbocycles. The molecule has 15 heavy (non-hydrogen) atoms. The van der Waals surface area contributed by atoms with Gasteiger partial charge >= 0.3 is 0 Å². The van der Waals surface area contributed by atoms with Gasteiger partial charge in [0, 0.05) is 13.0 Å². The molecular formula is C10H19BrN2O2. The second-order valence-electron chi connectivity index (χ2n) is 3.86. The summed E-state index contributed by atoms with van der Waals surface area (Å²) in [6, 6.07) is 0. The van der Waals surface area contributed by atoms with Gasteiger partial charge < -0.3 is 11.1 Å². The molecule has 0 heterocycles. The highest BCUT2D eigenvalue weighted by Gasteiger charge is 2.17. The van der Waals surface area contributed by atoms with Crippen LogP contribution in [0.2, 0.25) is 0 Å². The Morgan fingerprint density at radius 3 is 2.40 bits per heavy atom. The van der Waals surface area contributed by atoms with E-state index in [1.54, 1.807) is 0 Å². The van der Waals surface area contributed by atoms with Crippen molar-refractivity contribution in [3.63, 3.8) is 0 Å². The number of rotatable bonds is 7. The van der Waals surface area contributed by atoms with Gasteiger partial charge in [-0.25, -0.2) is 0 Å². The molecule has 4 nitrogen and oxygen atoms in total. The van der Waals surface area contributed by atoms with Crippen LogP contribution in [0.5, 0.6) is 0 Å². The molecule has 0 aromatic carbocycles. The molecule has 0 aromatic rings. The molecule has 1 unspecified atom stereocenters. The van der Waals surface area contributed by atoms with Crippen LogP contribution in [0.1, 0.15) is 33.1 Å². The molecule has 0 aliphatic rings. The Kier molecular flexibility index (Phi) is 7.38. The van der Waals surface area contributed by atoms with E-state index in [1.165, 1.54) is 0 Å². The van der Waals surface area contributed by atoms with Crippen molar-refractivity contribution in [3.8, 4) is 0 Å². The fourth-order valence-corrected chi connectivity index (χ4v) is 1.20. The number of primary amides is 1. The van der Waals surface area contributed by atoms with Gasteiger partial charge in [-0.05, 0) is 18.8 Å². The smallest absolute Gasteiger partial charge is 0.234 e. The van der Waals surface area contributed by atoms with Crippen molar-refractivity contribution in [2.45, 2.75) is 37.9 Å². The summed E-state index contributed by atoms with van der Waals surface area (Å²) in [7, 11) is 0. The van der Waals surface area contributed by atoms with E-state index in [2.05, 4.69) is 21.2 Å². The first-order valence-corrected chi connectivity index (χ1v) is 6.06. The molecule has 0 rings (SSSR count). The molecular weight excluding hydrogens is 260 g/mol. The van der Waals surface area contributed by atoms with Crippen LogP contribution in [-0.4, -0.2) is 23.2 Å². The standard InChI is InChI=1S/C10H19BrN2O2/c1-7(2)9(11)10(15)13-6-4-3-5-8(12)14/h7,9H,3-6H2,1-2H3,(H2,12,14)(H,13,15). The van der Waals surface area contributed by atoms with Crippen molar-refractivity contribution in [3.05, 3.63) is 0 Å². The fourth-order valence-electron chi connectivity index (χ4n) is 1.04. The molecule has 5 heteroatoms. The SMILES string of the molecule is CC(C)C(Br)C(=O)NCCCCC(N)=O. The minimum atomic E-state index is -0.290. The Bertz CT molecular complexity index is 219. The lowest BCUT2D eigenvalue weighted by atomic mass is 10.1. The van der Waals surface area contributed by atoms with E-state index in [0.29, 0.717) is 13.0 Å². The lowest BCUT2D eigenvalue weighted by Crippen LogP contribution is -2.34. The summed E-state index contributed by atoms with van der Waals surface area (Å²) >= 11 is 3.31. The van der Waals surface area contributed by atoms with Gasteiger partial charge in [0.05, 0.1) is 4.83 Å². The van der Waals surface area contributed by atoms with E-state index in [4.69, 9.17) is 5.73 Å². The second kappa shape index (κ2) is 7.68. The first-order chi connectivity index (χ1) is 6.95. The average Bonchev–Trinajstić information content (AvgIpc) is 2.15. The fraction of sp³-hybridized carbons (Fsp3) is 0.800. The monoisotopic (exact) mass is 278 g/mol. The Morgan fingerprint density at radius 1 is 1.33 bits per heavy atom. The molecule has 2 amide bonds. The van der Waals surface area contributed by atoms with Crippen LogP contribution in [0.15, 0.2) is 0 Å².